The molecule has 0 fully saturated rings. The number of ether oxygens (including phenoxy) is 1. The van der Waals surface area contributed by atoms with Crippen LogP contribution in [0.25, 0.3) is 0 Å². The predicted molar refractivity (Wildman–Crippen MR) is 77.7 cm³/mol. The van der Waals surface area contributed by atoms with Gasteiger partial charge in [0.15, 0.2) is 18.1 Å². The van der Waals surface area contributed by atoms with Crippen molar-refractivity contribution in [2.24, 2.45) is 0 Å². The molecule has 0 radical (unpaired) electrons. The van der Waals surface area contributed by atoms with Gasteiger partial charge in [0.25, 0.3) is 5.91 Å². The highest BCUT2D eigenvalue weighted by molar-refractivity contribution is 5.96. The van der Waals surface area contributed by atoms with E-state index in [1.165, 1.54) is 6.07 Å². The molecule has 6 nitrogen and oxygen atoms in total. The van der Waals surface area contributed by atoms with E-state index in [-0.39, 0.29) is 24.0 Å². The molecule has 108 valence electrons. The van der Waals surface area contributed by atoms with E-state index in [4.69, 9.17) is 4.74 Å². The van der Waals surface area contributed by atoms with Crippen molar-refractivity contribution in [2.45, 2.75) is 6.54 Å². The number of amides is 1. The summed E-state index contributed by atoms with van der Waals surface area (Å²) in [6, 6.07) is 10.1. The molecule has 0 bridgehead atoms. The van der Waals surface area contributed by atoms with Crippen molar-refractivity contribution in [1.29, 1.82) is 0 Å². The number of anilines is 2. The fourth-order valence-corrected chi connectivity index (χ4v) is 2.11. The molecule has 2 aromatic rings. The highest BCUT2D eigenvalue weighted by atomic mass is 16.5. The van der Waals surface area contributed by atoms with Gasteiger partial charge >= 0.3 is 0 Å². The molecule has 0 aromatic heterocycles. The molecule has 21 heavy (non-hydrogen) atoms. The molecule has 0 aliphatic carbocycles. The molecule has 4 N–H and O–H groups in total. The van der Waals surface area contributed by atoms with Gasteiger partial charge in [-0.3, -0.25) is 4.79 Å². The number of carbonyl (C=O) groups is 1. The van der Waals surface area contributed by atoms with Gasteiger partial charge in [0.05, 0.1) is 5.69 Å². The Bertz CT molecular complexity index is 700. The Balaban J connectivity index is 1.75. The summed E-state index contributed by atoms with van der Waals surface area (Å²) in [5.41, 5.74) is 1.95. The number of fused-ring (bicyclic) bond motifs is 1. The molecule has 1 aliphatic rings. The van der Waals surface area contributed by atoms with Crippen LogP contribution >= 0.6 is 0 Å². The normalized spacial score (nSPS) is 13.0. The van der Waals surface area contributed by atoms with Crippen LogP contribution in [0.1, 0.15) is 5.56 Å². The van der Waals surface area contributed by atoms with Crippen LogP contribution in [-0.4, -0.2) is 22.7 Å². The second-order valence-corrected chi connectivity index (χ2v) is 4.69. The topological polar surface area (TPSA) is 90.8 Å². The van der Waals surface area contributed by atoms with Crippen molar-refractivity contribution in [3.63, 3.8) is 0 Å². The van der Waals surface area contributed by atoms with Gasteiger partial charge in [-0.25, -0.2) is 0 Å². The molecule has 1 heterocycles. The van der Waals surface area contributed by atoms with Gasteiger partial charge < -0.3 is 25.6 Å². The van der Waals surface area contributed by atoms with E-state index in [1.54, 1.807) is 24.3 Å². The van der Waals surface area contributed by atoms with Crippen LogP contribution in [0.2, 0.25) is 0 Å². The Morgan fingerprint density at radius 3 is 2.95 bits per heavy atom. The van der Waals surface area contributed by atoms with Gasteiger partial charge in [-0.05, 0) is 24.3 Å². The van der Waals surface area contributed by atoms with Crippen LogP contribution < -0.4 is 15.4 Å². The van der Waals surface area contributed by atoms with Crippen LogP contribution in [0.15, 0.2) is 36.4 Å². The molecule has 0 atom stereocenters. The second-order valence-electron chi connectivity index (χ2n) is 4.69. The Kier molecular flexibility index (Phi) is 3.27. The molecule has 6 heteroatoms. The lowest BCUT2D eigenvalue weighted by Crippen LogP contribution is -2.25. The van der Waals surface area contributed by atoms with Crippen molar-refractivity contribution in [3.05, 3.63) is 42.0 Å². The van der Waals surface area contributed by atoms with Gasteiger partial charge in [-0.1, -0.05) is 12.1 Å². The van der Waals surface area contributed by atoms with Gasteiger partial charge in [-0.2, -0.15) is 0 Å². The largest absolute Gasteiger partial charge is 0.504 e. The van der Waals surface area contributed by atoms with Crippen LogP contribution in [0, 0.1) is 0 Å². The molecule has 2 aromatic carbocycles. The molecule has 0 unspecified atom stereocenters. The lowest BCUT2D eigenvalue weighted by Gasteiger charge is -2.19. The van der Waals surface area contributed by atoms with E-state index in [0.717, 1.165) is 5.69 Å². The van der Waals surface area contributed by atoms with E-state index < -0.39 is 0 Å². The quantitative estimate of drug-likeness (QED) is 0.648. The average molecular weight is 286 g/mol. The molecule has 1 amide bonds. The van der Waals surface area contributed by atoms with Crippen LogP contribution in [0.4, 0.5) is 11.4 Å². The highest BCUT2D eigenvalue weighted by Gasteiger charge is 2.16. The Labute approximate surface area is 121 Å². The number of nitrogens with one attached hydrogen (secondary N) is 2. The maximum atomic E-state index is 11.3. The first-order valence-corrected chi connectivity index (χ1v) is 6.44. The van der Waals surface area contributed by atoms with E-state index in [1.807, 2.05) is 6.07 Å². The van der Waals surface area contributed by atoms with Crippen molar-refractivity contribution in [2.75, 3.05) is 17.2 Å². The summed E-state index contributed by atoms with van der Waals surface area (Å²) < 4.78 is 5.28. The fourth-order valence-electron chi connectivity index (χ4n) is 2.11. The fraction of sp³-hybridized carbons (Fsp3) is 0.133. The van der Waals surface area contributed by atoms with Gasteiger partial charge in [0, 0.05) is 17.8 Å². The zero-order valence-corrected chi connectivity index (χ0v) is 11.1. The smallest absolute Gasteiger partial charge is 0.262 e. The van der Waals surface area contributed by atoms with Crippen molar-refractivity contribution in [3.8, 4) is 17.2 Å². The van der Waals surface area contributed by atoms with Gasteiger partial charge in [0.2, 0.25) is 0 Å². The molecule has 0 saturated carbocycles. The van der Waals surface area contributed by atoms with Crippen molar-refractivity contribution in [1.82, 2.24) is 0 Å². The Hall–Kier alpha value is -2.89. The monoisotopic (exact) mass is 286 g/mol. The Morgan fingerprint density at radius 2 is 2.10 bits per heavy atom. The molecule has 3 rings (SSSR count). The highest BCUT2D eigenvalue weighted by Crippen LogP contribution is 2.32. The third kappa shape index (κ3) is 2.69. The lowest BCUT2D eigenvalue weighted by molar-refractivity contribution is -0.118. The third-order valence-corrected chi connectivity index (χ3v) is 3.19. The number of carbonyl (C=O) groups excluding carboxylic acids is 1. The molecule has 0 spiro atoms. The van der Waals surface area contributed by atoms with E-state index >= 15 is 0 Å². The summed E-state index contributed by atoms with van der Waals surface area (Å²) in [5.74, 6) is 0.144. The van der Waals surface area contributed by atoms with Crippen molar-refractivity contribution < 1.29 is 19.7 Å². The summed E-state index contributed by atoms with van der Waals surface area (Å²) in [6.45, 7) is 0.366. The predicted octanol–water partition coefficient (Wildman–Crippen LogP) is 2.04. The first-order valence-electron chi connectivity index (χ1n) is 6.44. The van der Waals surface area contributed by atoms with E-state index in [9.17, 15) is 15.0 Å². The number of hydrogen-bond donors (Lipinski definition) is 4. The van der Waals surface area contributed by atoms with Gasteiger partial charge in [0.1, 0.15) is 5.75 Å². The summed E-state index contributed by atoms with van der Waals surface area (Å²) in [7, 11) is 0. The lowest BCUT2D eigenvalue weighted by atomic mass is 10.1. The third-order valence-electron chi connectivity index (χ3n) is 3.19. The minimum absolute atomic E-state index is 0.0247. The van der Waals surface area contributed by atoms with Crippen LogP contribution in [0.5, 0.6) is 17.2 Å². The molecular weight excluding hydrogens is 272 g/mol. The summed E-state index contributed by atoms with van der Waals surface area (Å²) >= 11 is 0. The zero-order chi connectivity index (χ0) is 14.8. The minimum Gasteiger partial charge on any atom is -0.504 e. The van der Waals surface area contributed by atoms with Gasteiger partial charge in [-0.15, -0.1) is 0 Å². The van der Waals surface area contributed by atoms with Crippen LogP contribution in [0.3, 0.4) is 0 Å². The second kappa shape index (κ2) is 5.24. The maximum absolute atomic E-state index is 11.3. The number of phenolic OH excluding ortho intramolecular Hbond substituents is 2. The Morgan fingerprint density at radius 1 is 1.24 bits per heavy atom. The zero-order valence-electron chi connectivity index (χ0n) is 11.1. The first kappa shape index (κ1) is 13.1. The van der Waals surface area contributed by atoms with Crippen molar-refractivity contribution >= 4 is 17.3 Å². The number of para-hydroxylation sites is 1. The number of phenols is 2. The number of benzene rings is 2. The summed E-state index contributed by atoms with van der Waals surface area (Å²) in [6.07, 6.45) is 0. The number of aromatic hydroxyl groups is 2. The summed E-state index contributed by atoms with van der Waals surface area (Å²) in [5, 5.41) is 25.0. The molecular formula is C15H14N2O4. The van der Waals surface area contributed by atoms with Crippen LogP contribution in [-0.2, 0) is 11.3 Å². The first-order chi connectivity index (χ1) is 10.1. The average Bonchev–Trinajstić information content (AvgIpc) is 2.48. The van der Waals surface area contributed by atoms with E-state index in [2.05, 4.69) is 10.6 Å². The minimum atomic E-state index is -0.190. The summed E-state index contributed by atoms with van der Waals surface area (Å²) in [4.78, 5) is 11.3. The molecule has 0 saturated heterocycles. The van der Waals surface area contributed by atoms with E-state index in [0.29, 0.717) is 23.5 Å². The number of hydrogen-bond acceptors (Lipinski definition) is 5. The maximum Gasteiger partial charge on any atom is 0.262 e. The standard InChI is InChI=1S/C15H14N2O4/c18-12-3-1-2-9(15(12)20)7-16-10-4-5-13-11(6-10)17-14(19)8-21-13/h1-6,16,18,20H,7-8H2,(H,17,19). The molecule has 1 aliphatic heterocycles. The number of rotatable bonds is 3. The SMILES string of the molecule is O=C1COc2ccc(NCc3cccc(O)c3O)cc2N1.